The lowest BCUT2D eigenvalue weighted by Gasteiger charge is -2.13. The van der Waals surface area contributed by atoms with Crippen LogP contribution in [0.5, 0.6) is 0 Å². The van der Waals surface area contributed by atoms with Crippen molar-refractivity contribution in [1.82, 2.24) is 9.97 Å². The molecule has 8 aromatic carbocycles. The monoisotopic (exact) mass is 764 g/mol. The number of aromatic nitrogens is 2. The van der Waals surface area contributed by atoms with Crippen LogP contribution in [0, 0.1) is 0 Å². The molecule has 0 aliphatic carbocycles. The molecule has 0 bridgehead atoms. The van der Waals surface area contributed by atoms with E-state index in [2.05, 4.69) is 231 Å². The van der Waals surface area contributed by atoms with Crippen LogP contribution in [-0.4, -0.2) is 9.97 Å². The van der Waals surface area contributed by atoms with Crippen LogP contribution < -0.4 is 0 Å². The van der Waals surface area contributed by atoms with Crippen molar-refractivity contribution in [3.63, 3.8) is 0 Å². The fourth-order valence-corrected chi connectivity index (χ4v) is 7.87. The number of benzene rings is 8. The minimum atomic E-state index is 0.944. The summed E-state index contributed by atoms with van der Waals surface area (Å²) in [5, 5.41) is 0. The molecule has 2 aromatic heterocycles. The molecule has 0 amide bonds. The first-order chi connectivity index (χ1) is 29.7. The summed E-state index contributed by atoms with van der Waals surface area (Å²) in [6, 6.07) is 85.9. The Bertz CT molecular complexity index is 3010. The Labute approximate surface area is 351 Å². The number of nitrogens with zero attached hydrogens (tertiary/aromatic N) is 2. The van der Waals surface area contributed by atoms with Crippen molar-refractivity contribution in [2.24, 2.45) is 0 Å². The van der Waals surface area contributed by atoms with Gasteiger partial charge in [0.15, 0.2) is 0 Å². The molecule has 10 rings (SSSR count). The standard InChI is InChI=1S/C58H40N2/c1-5-14-41(15-6-1)43-28-32-49(33-29-43)57-38-53(37-55(59-57)47-18-9-3-10-19-47)46-26-24-45(25-27-46)51-22-13-23-52(36-51)54-39-56(48-20-11-4-12-21-48)60-58(40-54)50-34-30-44(31-35-50)42-16-7-2-8-17-42/h1-40H. The summed E-state index contributed by atoms with van der Waals surface area (Å²) in [5.41, 5.74) is 19.8. The van der Waals surface area contributed by atoms with E-state index in [1.165, 1.54) is 22.3 Å². The molecule has 10 aromatic rings. The third-order valence-electron chi connectivity index (χ3n) is 11.1. The van der Waals surface area contributed by atoms with Gasteiger partial charge < -0.3 is 0 Å². The van der Waals surface area contributed by atoms with Crippen molar-refractivity contribution >= 4 is 0 Å². The molecule has 2 heteroatoms. The Balaban J connectivity index is 0.979. The summed E-state index contributed by atoms with van der Waals surface area (Å²) < 4.78 is 0. The van der Waals surface area contributed by atoms with E-state index in [-0.39, 0.29) is 0 Å². The van der Waals surface area contributed by atoms with Crippen molar-refractivity contribution < 1.29 is 0 Å². The average molecular weight is 765 g/mol. The first kappa shape index (κ1) is 36.4. The van der Waals surface area contributed by atoms with E-state index in [1.54, 1.807) is 0 Å². The summed E-state index contributed by atoms with van der Waals surface area (Å²) in [5.74, 6) is 0. The molecule has 0 atom stereocenters. The van der Waals surface area contributed by atoms with Gasteiger partial charge in [-0.3, -0.25) is 0 Å². The fourth-order valence-electron chi connectivity index (χ4n) is 7.87. The average Bonchev–Trinajstić information content (AvgIpc) is 3.35. The third-order valence-corrected chi connectivity index (χ3v) is 11.1. The molecule has 0 saturated heterocycles. The van der Waals surface area contributed by atoms with Gasteiger partial charge in [0.1, 0.15) is 0 Å². The van der Waals surface area contributed by atoms with Gasteiger partial charge in [0.05, 0.1) is 22.8 Å². The maximum atomic E-state index is 5.18. The molecule has 0 N–H and O–H groups in total. The van der Waals surface area contributed by atoms with E-state index in [9.17, 15) is 0 Å². The van der Waals surface area contributed by atoms with E-state index in [1.807, 2.05) is 12.1 Å². The fraction of sp³-hybridized carbons (Fsp3) is 0. The smallest absolute Gasteiger partial charge is 0.0715 e. The molecule has 0 unspecified atom stereocenters. The van der Waals surface area contributed by atoms with Gasteiger partial charge in [-0.05, 0) is 86.0 Å². The second-order valence-electron chi connectivity index (χ2n) is 15.0. The maximum Gasteiger partial charge on any atom is 0.0715 e. The minimum Gasteiger partial charge on any atom is -0.248 e. The van der Waals surface area contributed by atoms with Crippen molar-refractivity contribution in [3.8, 4) is 101 Å². The van der Waals surface area contributed by atoms with Gasteiger partial charge in [-0.1, -0.05) is 212 Å². The molecule has 282 valence electrons. The molecule has 60 heavy (non-hydrogen) atoms. The van der Waals surface area contributed by atoms with E-state index in [0.29, 0.717) is 0 Å². The highest BCUT2D eigenvalue weighted by molar-refractivity contribution is 5.82. The SMILES string of the molecule is c1ccc(-c2ccc(-c3cc(-c4ccc(-c5cccc(-c6cc(-c7ccccc7)nc(-c7ccc(-c8ccccc8)cc7)c6)c5)cc4)cc(-c4ccccc4)n3)cc2)cc1. The van der Waals surface area contributed by atoms with Crippen molar-refractivity contribution in [2.45, 2.75) is 0 Å². The lowest BCUT2D eigenvalue weighted by Crippen LogP contribution is -1.92. The van der Waals surface area contributed by atoms with Crippen molar-refractivity contribution in [1.29, 1.82) is 0 Å². The van der Waals surface area contributed by atoms with Crippen LogP contribution in [0.15, 0.2) is 243 Å². The van der Waals surface area contributed by atoms with Crippen molar-refractivity contribution in [2.75, 3.05) is 0 Å². The molecule has 0 aliphatic heterocycles. The highest BCUT2D eigenvalue weighted by Crippen LogP contribution is 2.36. The molecule has 0 spiro atoms. The first-order valence-corrected chi connectivity index (χ1v) is 20.4. The summed E-state index contributed by atoms with van der Waals surface area (Å²) >= 11 is 0. The highest BCUT2D eigenvalue weighted by atomic mass is 14.7. The Morgan fingerprint density at radius 1 is 0.150 bits per heavy atom. The minimum absolute atomic E-state index is 0.944. The summed E-state index contributed by atoms with van der Waals surface area (Å²) in [7, 11) is 0. The second-order valence-corrected chi connectivity index (χ2v) is 15.0. The zero-order valence-corrected chi connectivity index (χ0v) is 33.0. The van der Waals surface area contributed by atoms with Crippen LogP contribution in [0.25, 0.3) is 101 Å². The van der Waals surface area contributed by atoms with Gasteiger partial charge in [-0.2, -0.15) is 0 Å². The first-order valence-electron chi connectivity index (χ1n) is 20.4. The number of rotatable bonds is 9. The van der Waals surface area contributed by atoms with Gasteiger partial charge >= 0.3 is 0 Å². The van der Waals surface area contributed by atoms with Gasteiger partial charge in [0.2, 0.25) is 0 Å². The molecule has 0 fully saturated rings. The van der Waals surface area contributed by atoms with Gasteiger partial charge in [-0.25, -0.2) is 9.97 Å². The number of pyridine rings is 2. The Hall–Kier alpha value is -7.94. The summed E-state index contributed by atoms with van der Waals surface area (Å²) in [6.07, 6.45) is 0. The van der Waals surface area contributed by atoms with Crippen LogP contribution in [0.1, 0.15) is 0 Å². The maximum absolute atomic E-state index is 5.18. The second kappa shape index (κ2) is 16.5. The van der Waals surface area contributed by atoms with Gasteiger partial charge in [0, 0.05) is 22.3 Å². The normalized spacial score (nSPS) is 11.0. The van der Waals surface area contributed by atoms with E-state index >= 15 is 0 Å². The van der Waals surface area contributed by atoms with E-state index < -0.39 is 0 Å². The summed E-state index contributed by atoms with van der Waals surface area (Å²) in [4.78, 5) is 10.4. The van der Waals surface area contributed by atoms with Crippen molar-refractivity contribution in [3.05, 3.63) is 243 Å². The molecule has 0 radical (unpaired) electrons. The topological polar surface area (TPSA) is 25.8 Å². The Morgan fingerprint density at radius 2 is 0.367 bits per heavy atom. The molecule has 0 saturated carbocycles. The third kappa shape index (κ3) is 7.83. The molecule has 0 aliphatic rings. The van der Waals surface area contributed by atoms with Gasteiger partial charge in [0.25, 0.3) is 0 Å². The lowest BCUT2D eigenvalue weighted by atomic mass is 9.95. The van der Waals surface area contributed by atoms with Gasteiger partial charge in [-0.15, -0.1) is 0 Å². The lowest BCUT2D eigenvalue weighted by molar-refractivity contribution is 1.32. The number of hydrogen-bond donors (Lipinski definition) is 0. The molecule has 2 nitrogen and oxygen atoms in total. The summed E-state index contributed by atoms with van der Waals surface area (Å²) in [6.45, 7) is 0. The molecule has 2 heterocycles. The van der Waals surface area contributed by atoms with E-state index in [4.69, 9.17) is 9.97 Å². The largest absolute Gasteiger partial charge is 0.248 e. The highest BCUT2D eigenvalue weighted by Gasteiger charge is 2.13. The Morgan fingerprint density at radius 3 is 0.733 bits per heavy atom. The Kier molecular flexibility index (Phi) is 10.0. The zero-order valence-electron chi connectivity index (χ0n) is 33.0. The number of hydrogen-bond acceptors (Lipinski definition) is 2. The molecular weight excluding hydrogens is 725 g/mol. The van der Waals surface area contributed by atoms with Crippen LogP contribution >= 0.6 is 0 Å². The zero-order chi connectivity index (χ0) is 40.1. The van der Waals surface area contributed by atoms with Crippen LogP contribution in [0.4, 0.5) is 0 Å². The van der Waals surface area contributed by atoms with Crippen LogP contribution in [-0.2, 0) is 0 Å². The van der Waals surface area contributed by atoms with E-state index in [0.717, 1.165) is 78.4 Å². The quantitative estimate of drug-likeness (QED) is 0.146. The predicted octanol–water partition coefficient (Wildman–Crippen LogP) is 15.5. The predicted molar refractivity (Wildman–Crippen MR) is 251 cm³/mol. The molecular formula is C58H40N2. The van der Waals surface area contributed by atoms with Crippen LogP contribution in [0.2, 0.25) is 0 Å². The van der Waals surface area contributed by atoms with Crippen LogP contribution in [0.3, 0.4) is 0 Å².